The van der Waals surface area contributed by atoms with Crippen LogP contribution in [0.2, 0.25) is 0 Å². The molecule has 1 unspecified atom stereocenters. The molecule has 6 heteroatoms. The number of para-hydroxylation sites is 1. The lowest BCUT2D eigenvalue weighted by molar-refractivity contribution is 0.185. The number of nitrogens with one attached hydrogen (secondary N) is 1. The number of halogens is 1. The maximum atomic E-state index is 6.08. The highest BCUT2D eigenvalue weighted by atomic mass is 127. The number of rotatable bonds is 5. The van der Waals surface area contributed by atoms with Gasteiger partial charge in [-0.1, -0.05) is 42.5 Å². The fourth-order valence-electron chi connectivity index (χ4n) is 2.88. The summed E-state index contributed by atoms with van der Waals surface area (Å²) in [4.78, 5) is 4.46. The minimum absolute atomic E-state index is 0. The molecule has 0 saturated heterocycles. The predicted molar refractivity (Wildman–Crippen MR) is 110 cm³/mol. The van der Waals surface area contributed by atoms with Gasteiger partial charge in [0.2, 0.25) is 0 Å². The van der Waals surface area contributed by atoms with Crippen molar-refractivity contribution in [1.29, 1.82) is 0 Å². The summed E-state index contributed by atoms with van der Waals surface area (Å²) in [5.74, 6) is 1.37. The maximum absolute atomic E-state index is 6.08. The third-order valence-corrected chi connectivity index (χ3v) is 4.02. The molecule has 0 spiro atoms. The first-order valence-corrected chi connectivity index (χ1v) is 8.11. The van der Waals surface area contributed by atoms with Crippen LogP contribution in [0.25, 0.3) is 0 Å². The number of guanidine groups is 1. The number of hydrogen-bond acceptors (Lipinski definition) is 3. The molecule has 2 aromatic rings. The molecule has 0 aliphatic carbocycles. The molecule has 0 fully saturated rings. The summed E-state index contributed by atoms with van der Waals surface area (Å²) in [6.45, 7) is 1.83. The van der Waals surface area contributed by atoms with E-state index in [1.807, 2.05) is 36.4 Å². The quantitative estimate of drug-likeness (QED) is 0.414. The average Bonchev–Trinajstić information content (AvgIpc) is 2.61. The zero-order valence-electron chi connectivity index (χ0n) is 14.3. The number of nitrogens with zero attached hydrogens (tertiary/aromatic N) is 1. The Kier molecular flexibility index (Phi) is 7.52. The molecular formula is C19H24IN3O2. The fraction of sp³-hybridized carbons (Fsp3) is 0.316. The molecule has 3 N–H and O–H groups in total. The lowest BCUT2D eigenvalue weighted by Gasteiger charge is -2.26. The fourth-order valence-corrected chi connectivity index (χ4v) is 2.88. The Bertz CT molecular complexity index is 721. The highest BCUT2D eigenvalue weighted by molar-refractivity contribution is 14.0. The number of ether oxygens (including phenoxy) is 2. The van der Waals surface area contributed by atoms with Gasteiger partial charge in [0.05, 0.1) is 25.8 Å². The number of benzene rings is 2. The molecule has 25 heavy (non-hydrogen) atoms. The van der Waals surface area contributed by atoms with Gasteiger partial charge in [0.1, 0.15) is 5.75 Å². The minimum Gasteiger partial charge on any atom is -0.493 e. The van der Waals surface area contributed by atoms with Gasteiger partial charge in [-0.2, -0.15) is 0 Å². The van der Waals surface area contributed by atoms with Crippen LogP contribution in [0.3, 0.4) is 0 Å². The van der Waals surface area contributed by atoms with E-state index in [0.29, 0.717) is 25.7 Å². The van der Waals surface area contributed by atoms with Crippen LogP contribution in [-0.2, 0) is 17.9 Å². The molecule has 2 aromatic carbocycles. The smallest absolute Gasteiger partial charge is 0.189 e. The van der Waals surface area contributed by atoms with Gasteiger partial charge < -0.3 is 20.5 Å². The van der Waals surface area contributed by atoms with Crippen molar-refractivity contribution in [3.05, 3.63) is 65.2 Å². The van der Waals surface area contributed by atoms with Crippen LogP contribution in [-0.4, -0.2) is 19.7 Å². The summed E-state index contributed by atoms with van der Waals surface area (Å²) >= 11 is 0. The Labute approximate surface area is 165 Å². The second-order valence-electron chi connectivity index (χ2n) is 5.83. The van der Waals surface area contributed by atoms with Crippen LogP contribution in [0.5, 0.6) is 5.75 Å². The van der Waals surface area contributed by atoms with Crippen LogP contribution in [0, 0.1) is 0 Å². The predicted octanol–water partition coefficient (Wildman–Crippen LogP) is 3.38. The molecule has 134 valence electrons. The van der Waals surface area contributed by atoms with Crippen LogP contribution in [0.4, 0.5) is 0 Å². The maximum Gasteiger partial charge on any atom is 0.189 e. The largest absolute Gasteiger partial charge is 0.493 e. The van der Waals surface area contributed by atoms with Gasteiger partial charge in [-0.25, -0.2) is 4.99 Å². The number of methoxy groups -OCH3 is 1. The third kappa shape index (κ3) is 5.34. The summed E-state index contributed by atoms with van der Waals surface area (Å²) < 4.78 is 10.8. The molecule has 1 heterocycles. The Morgan fingerprint density at radius 2 is 2.04 bits per heavy atom. The van der Waals surface area contributed by atoms with Crippen molar-refractivity contribution < 1.29 is 9.47 Å². The van der Waals surface area contributed by atoms with Crippen LogP contribution >= 0.6 is 24.0 Å². The zero-order chi connectivity index (χ0) is 16.8. The molecule has 0 amide bonds. The first-order chi connectivity index (χ1) is 11.8. The van der Waals surface area contributed by atoms with E-state index >= 15 is 0 Å². The average molecular weight is 453 g/mol. The highest BCUT2D eigenvalue weighted by Gasteiger charge is 2.21. The van der Waals surface area contributed by atoms with E-state index in [2.05, 4.69) is 22.4 Å². The van der Waals surface area contributed by atoms with E-state index in [1.165, 1.54) is 0 Å². The first kappa shape index (κ1) is 19.5. The van der Waals surface area contributed by atoms with Gasteiger partial charge in [-0.3, -0.25) is 0 Å². The summed E-state index contributed by atoms with van der Waals surface area (Å²) in [5, 5.41) is 3.31. The zero-order valence-corrected chi connectivity index (χ0v) is 16.6. The first-order valence-electron chi connectivity index (χ1n) is 8.11. The Morgan fingerprint density at radius 1 is 1.24 bits per heavy atom. The monoisotopic (exact) mass is 453 g/mol. The van der Waals surface area contributed by atoms with Gasteiger partial charge >= 0.3 is 0 Å². The topological polar surface area (TPSA) is 68.9 Å². The summed E-state index contributed by atoms with van der Waals surface area (Å²) in [6, 6.07) is 16.4. The van der Waals surface area contributed by atoms with Gasteiger partial charge in [-0.15, -0.1) is 24.0 Å². The van der Waals surface area contributed by atoms with Crippen LogP contribution in [0.15, 0.2) is 53.5 Å². The van der Waals surface area contributed by atoms with E-state index in [0.717, 1.165) is 28.9 Å². The second-order valence-corrected chi connectivity index (χ2v) is 5.83. The molecule has 0 bridgehead atoms. The Hall–Kier alpha value is -1.80. The molecule has 3 rings (SSSR count). The molecule has 1 aliphatic heterocycles. The second kappa shape index (κ2) is 9.62. The van der Waals surface area contributed by atoms with E-state index in [-0.39, 0.29) is 30.0 Å². The number of nitrogens with two attached hydrogens (primary N) is 1. The van der Waals surface area contributed by atoms with Crippen molar-refractivity contribution >= 4 is 29.9 Å². The standard InChI is InChI=1S/C19H23N3O2.HI/c1-23-13-15-6-4-5-14(11-15)12-21-19(20)22-17-9-10-24-18-8-3-2-7-16(17)18;/h2-8,11,17H,9-10,12-13H2,1H3,(H3,20,21,22);1H. The Morgan fingerprint density at radius 3 is 2.88 bits per heavy atom. The Balaban J connectivity index is 0.00000225. The normalized spacial score (nSPS) is 16.4. The number of fused-ring (bicyclic) bond motifs is 1. The van der Waals surface area contributed by atoms with Gasteiger partial charge in [-0.05, 0) is 17.2 Å². The molecule has 5 nitrogen and oxygen atoms in total. The molecule has 0 saturated carbocycles. The molecule has 0 radical (unpaired) electrons. The van der Waals surface area contributed by atoms with Gasteiger partial charge in [0.25, 0.3) is 0 Å². The minimum atomic E-state index is 0. The van der Waals surface area contributed by atoms with Crippen molar-refractivity contribution in [3.63, 3.8) is 0 Å². The van der Waals surface area contributed by atoms with Crippen LogP contribution < -0.4 is 15.8 Å². The SMILES string of the molecule is COCc1cccc(CN=C(N)NC2CCOc3ccccc32)c1.I. The van der Waals surface area contributed by atoms with Crippen molar-refractivity contribution in [3.8, 4) is 5.75 Å². The van der Waals surface area contributed by atoms with Crippen molar-refractivity contribution in [2.24, 2.45) is 10.7 Å². The molecule has 0 aromatic heterocycles. The lowest BCUT2D eigenvalue weighted by Crippen LogP contribution is -2.37. The van der Waals surface area contributed by atoms with Crippen LogP contribution in [0.1, 0.15) is 29.2 Å². The summed E-state index contributed by atoms with van der Waals surface area (Å²) in [5.41, 5.74) is 9.46. The highest BCUT2D eigenvalue weighted by Crippen LogP contribution is 2.31. The third-order valence-electron chi connectivity index (χ3n) is 4.02. The van der Waals surface area contributed by atoms with Crippen molar-refractivity contribution in [1.82, 2.24) is 5.32 Å². The molecule has 1 atom stereocenters. The number of hydrogen-bond donors (Lipinski definition) is 2. The molecule has 1 aliphatic rings. The van der Waals surface area contributed by atoms with E-state index in [4.69, 9.17) is 15.2 Å². The van der Waals surface area contributed by atoms with Gasteiger partial charge in [0.15, 0.2) is 5.96 Å². The van der Waals surface area contributed by atoms with E-state index in [1.54, 1.807) is 7.11 Å². The summed E-state index contributed by atoms with van der Waals surface area (Å²) in [7, 11) is 1.69. The van der Waals surface area contributed by atoms with Crippen molar-refractivity contribution in [2.75, 3.05) is 13.7 Å². The molecular weight excluding hydrogens is 429 g/mol. The van der Waals surface area contributed by atoms with E-state index < -0.39 is 0 Å². The van der Waals surface area contributed by atoms with Crippen molar-refractivity contribution in [2.45, 2.75) is 25.6 Å². The summed E-state index contributed by atoms with van der Waals surface area (Å²) in [6.07, 6.45) is 0.872. The van der Waals surface area contributed by atoms with Gasteiger partial charge in [0, 0.05) is 19.1 Å². The number of aliphatic imine (C=N–C) groups is 1. The van der Waals surface area contributed by atoms with E-state index in [9.17, 15) is 0 Å². The lowest BCUT2D eigenvalue weighted by atomic mass is 10.0.